The van der Waals surface area contributed by atoms with Crippen LogP contribution in [0.5, 0.6) is 5.75 Å². The van der Waals surface area contributed by atoms with E-state index < -0.39 is 0 Å². The molecule has 0 radical (unpaired) electrons. The van der Waals surface area contributed by atoms with Gasteiger partial charge in [0.25, 0.3) is 0 Å². The molecule has 0 bridgehead atoms. The predicted molar refractivity (Wildman–Crippen MR) is 57.8 cm³/mol. The summed E-state index contributed by atoms with van der Waals surface area (Å²) in [5.74, 6) is 0.860. The van der Waals surface area contributed by atoms with Gasteiger partial charge >= 0.3 is 0 Å². The Morgan fingerprint density at radius 2 is 2.21 bits per heavy atom. The second-order valence-corrected chi connectivity index (χ2v) is 3.94. The Labute approximate surface area is 90.8 Å². The van der Waals surface area contributed by atoms with Gasteiger partial charge in [-0.25, -0.2) is 0 Å². The van der Waals surface area contributed by atoms with Crippen molar-refractivity contribution in [2.24, 2.45) is 5.16 Å². The van der Waals surface area contributed by atoms with Gasteiger partial charge in [-0.15, -0.1) is 0 Å². The predicted octanol–water partition coefficient (Wildman–Crippen LogP) is 2.56. The molecule has 0 saturated carbocycles. The largest absolute Gasteiger partial charge is 0.490 e. The summed E-state index contributed by atoms with van der Waals surface area (Å²) in [6.45, 7) is 0.530. The van der Waals surface area contributed by atoms with Crippen LogP contribution in [-0.4, -0.2) is 17.3 Å². The van der Waals surface area contributed by atoms with Crippen LogP contribution in [0.2, 0.25) is 0 Å². The molecule has 0 saturated heterocycles. The number of oxime groups is 1. The maximum atomic E-state index is 5.52. The zero-order valence-electron chi connectivity index (χ0n) is 7.52. The zero-order valence-corrected chi connectivity index (χ0v) is 9.11. The van der Waals surface area contributed by atoms with Crippen LogP contribution in [0.15, 0.2) is 35.5 Å². The average Bonchev–Trinajstić information content (AvgIpc) is 2.63. The Hall–Kier alpha value is -1.03. The molecule has 0 fully saturated rings. The van der Waals surface area contributed by atoms with Crippen molar-refractivity contribution in [1.82, 2.24) is 0 Å². The molecule has 4 heteroatoms. The first-order valence-corrected chi connectivity index (χ1v) is 5.20. The van der Waals surface area contributed by atoms with E-state index in [9.17, 15) is 0 Å². The molecule has 1 atom stereocenters. The van der Waals surface area contributed by atoms with Crippen molar-refractivity contribution < 1.29 is 9.57 Å². The van der Waals surface area contributed by atoms with E-state index in [0.29, 0.717) is 6.61 Å². The Balaban J connectivity index is 1.79. The summed E-state index contributed by atoms with van der Waals surface area (Å²) in [4.78, 5) is 5.10. The van der Waals surface area contributed by atoms with Crippen LogP contribution < -0.4 is 4.74 Å². The molecule has 14 heavy (non-hydrogen) atoms. The number of benzene rings is 1. The fourth-order valence-electron chi connectivity index (χ4n) is 1.19. The van der Waals surface area contributed by atoms with Crippen LogP contribution in [0.4, 0.5) is 0 Å². The number of ether oxygens (including phenoxy) is 1. The van der Waals surface area contributed by atoms with E-state index in [0.717, 1.165) is 16.8 Å². The lowest BCUT2D eigenvalue weighted by Gasteiger charge is -2.09. The van der Waals surface area contributed by atoms with Crippen molar-refractivity contribution >= 4 is 20.6 Å². The molecule has 3 nitrogen and oxygen atoms in total. The van der Waals surface area contributed by atoms with Gasteiger partial charge in [0.1, 0.15) is 17.0 Å². The van der Waals surface area contributed by atoms with E-state index in [4.69, 9.17) is 9.57 Å². The molecule has 1 heterocycles. The van der Waals surface area contributed by atoms with Crippen LogP contribution in [-0.2, 0) is 4.84 Å². The molecular weight excluding hydrogens is 246 g/mol. The lowest BCUT2D eigenvalue weighted by atomic mass is 10.3. The lowest BCUT2D eigenvalue weighted by molar-refractivity contribution is 0.0471. The van der Waals surface area contributed by atoms with Crippen LogP contribution >= 0.6 is 15.9 Å². The van der Waals surface area contributed by atoms with Gasteiger partial charge in [-0.05, 0) is 28.1 Å². The first kappa shape index (κ1) is 9.52. The minimum absolute atomic E-state index is 0.0320. The van der Waals surface area contributed by atoms with Gasteiger partial charge in [0.05, 0.1) is 0 Å². The normalized spacial score (nSPS) is 20.1. The summed E-state index contributed by atoms with van der Waals surface area (Å²) in [5.41, 5.74) is 0. The molecule has 1 aromatic carbocycles. The molecule has 0 unspecified atom stereocenters. The molecule has 0 aliphatic carbocycles. The minimum atomic E-state index is 0.0320. The number of hydrogen-bond acceptors (Lipinski definition) is 3. The zero-order chi connectivity index (χ0) is 9.80. The summed E-state index contributed by atoms with van der Waals surface area (Å²) in [7, 11) is 0. The summed E-state index contributed by atoms with van der Waals surface area (Å²) < 4.78 is 6.37. The van der Waals surface area contributed by atoms with E-state index in [1.165, 1.54) is 0 Å². The topological polar surface area (TPSA) is 30.8 Å². The maximum absolute atomic E-state index is 5.52. The fraction of sp³-hybridized carbons (Fsp3) is 0.300. The third kappa shape index (κ3) is 2.48. The van der Waals surface area contributed by atoms with Crippen molar-refractivity contribution in [3.05, 3.63) is 30.3 Å². The second kappa shape index (κ2) is 4.46. The molecule has 0 aromatic heterocycles. The highest BCUT2D eigenvalue weighted by Crippen LogP contribution is 2.16. The second-order valence-electron chi connectivity index (χ2n) is 3.02. The molecule has 74 valence electrons. The van der Waals surface area contributed by atoms with Crippen LogP contribution in [0.3, 0.4) is 0 Å². The maximum Gasteiger partial charge on any atom is 0.167 e. The van der Waals surface area contributed by atoms with Gasteiger partial charge in [0.15, 0.2) is 6.10 Å². The monoisotopic (exact) mass is 255 g/mol. The Bertz CT molecular complexity index is 326. The quantitative estimate of drug-likeness (QED) is 0.832. The van der Waals surface area contributed by atoms with Gasteiger partial charge in [0, 0.05) is 6.42 Å². The summed E-state index contributed by atoms with van der Waals surface area (Å²) >= 11 is 3.27. The number of nitrogens with zero attached hydrogens (tertiary/aromatic N) is 1. The van der Waals surface area contributed by atoms with Gasteiger partial charge < -0.3 is 9.57 Å². The lowest BCUT2D eigenvalue weighted by Crippen LogP contribution is -2.17. The number of para-hydroxylation sites is 1. The molecule has 0 amide bonds. The Morgan fingerprint density at radius 1 is 1.43 bits per heavy atom. The standard InChI is InChI=1S/C10H10BrNO2/c11-10-6-9(14-12-10)7-13-8-4-2-1-3-5-8/h1-5,9H,6-7H2/t9-/m0/s1. The minimum Gasteiger partial charge on any atom is -0.490 e. The van der Waals surface area contributed by atoms with Crippen molar-refractivity contribution in [3.8, 4) is 5.75 Å². The highest BCUT2D eigenvalue weighted by atomic mass is 79.9. The fourth-order valence-corrected chi connectivity index (χ4v) is 1.63. The van der Waals surface area contributed by atoms with Gasteiger partial charge in [-0.3, -0.25) is 0 Å². The van der Waals surface area contributed by atoms with E-state index in [-0.39, 0.29) is 6.10 Å². The van der Waals surface area contributed by atoms with Crippen LogP contribution in [0.25, 0.3) is 0 Å². The third-order valence-electron chi connectivity index (χ3n) is 1.88. The first-order chi connectivity index (χ1) is 6.84. The summed E-state index contributed by atoms with van der Waals surface area (Å²) in [6, 6.07) is 9.68. The molecule has 0 N–H and O–H groups in total. The van der Waals surface area contributed by atoms with E-state index in [2.05, 4.69) is 21.1 Å². The first-order valence-electron chi connectivity index (χ1n) is 4.40. The highest BCUT2D eigenvalue weighted by molar-refractivity contribution is 9.18. The van der Waals surface area contributed by atoms with E-state index in [1.807, 2.05) is 30.3 Å². The van der Waals surface area contributed by atoms with Gasteiger partial charge in [0.2, 0.25) is 0 Å². The highest BCUT2D eigenvalue weighted by Gasteiger charge is 2.19. The van der Waals surface area contributed by atoms with E-state index >= 15 is 0 Å². The van der Waals surface area contributed by atoms with Crippen molar-refractivity contribution in [3.63, 3.8) is 0 Å². The number of halogens is 1. The summed E-state index contributed by atoms with van der Waals surface area (Å²) in [6.07, 6.45) is 0.817. The van der Waals surface area contributed by atoms with Crippen molar-refractivity contribution in [1.29, 1.82) is 0 Å². The number of rotatable bonds is 3. The molecule has 1 aliphatic heterocycles. The summed E-state index contributed by atoms with van der Waals surface area (Å²) in [5, 5.41) is 3.78. The van der Waals surface area contributed by atoms with Crippen molar-refractivity contribution in [2.75, 3.05) is 6.61 Å². The van der Waals surface area contributed by atoms with Gasteiger partial charge in [-0.2, -0.15) is 0 Å². The Kier molecular flexibility index (Phi) is 3.03. The number of hydrogen-bond donors (Lipinski definition) is 0. The molecule has 1 aromatic rings. The third-order valence-corrected chi connectivity index (χ3v) is 2.34. The molecule has 2 rings (SSSR count). The van der Waals surface area contributed by atoms with Gasteiger partial charge in [-0.1, -0.05) is 23.4 Å². The van der Waals surface area contributed by atoms with Crippen LogP contribution in [0, 0.1) is 0 Å². The van der Waals surface area contributed by atoms with Crippen LogP contribution in [0.1, 0.15) is 6.42 Å². The SMILES string of the molecule is BrC1=NO[C@H](COc2ccccc2)C1. The Morgan fingerprint density at radius 3 is 2.86 bits per heavy atom. The average molecular weight is 256 g/mol. The molecule has 0 spiro atoms. The molecular formula is C10H10BrNO2. The molecule has 1 aliphatic rings. The van der Waals surface area contributed by atoms with Crippen molar-refractivity contribution in [2.45, 2.75) is 12.5 Å². The smallest absolute Gasteiger partial charge is 0.167 e. The van der Waals surface area contributed by atoms with E-state index in [1.54, 1.807) is 0 Å².